The van der Waals surface area contributed by atoms with E-state index in [1.165, 1.54) is 0 Å². The fraction of sp³-hybridized carbons (Fsp3) is 0.400. The molecule has 0 unspecified atom stereocenters. The number of nitrogens with one attached hydrogen (secondary N) is 2. The molecule has 0 saturated carbocycles. The number of guanidine groups is 1. The van der Waals surface area contributed by atoms with Crippen molar-refractivity contribution in [3.63, 3.8) is 0 Å². The molecule has 0 atom stereocenters. The van der Waals surface area contributed by atoms with Crippen LogP contribution in [0.3, 0.4) is 0 Å². The van der Waals surface area contributed by atoms with E-state index in [-0.39, 0.29) is 0 Å². The van der Waals surface area contributed by atoms with Crippen LogP contribution in [0.2, 0.25) is 0 Å². The summed E-state index contributed by atoms with van der Waals surface area (Å²) in [4.78, 5) is 8.73. The lowest BCUT2D eigenvalue weighted by Gasteiger charge is -2.13. The van der Waals surface area contributed by atoms with Gasteiger partial charge in [-0.3, -0.25) is 0 Å². The van der Waals surface area contributed by atoms with Crippen molar-refractivity contribution in [2.24, 2.45) is 4.99 Å². The van der Waals surface area contributed by atoms with Gasteiger partial charge in [-0.2, -0.15) is 0 Å². The van der Waals surface area contributed by atoms with Gasteiger partial charge in [0, 0.05) is 25.4 Å². The minimum Gasteiger partial charge on any atom is -0.493 e. The maximum Gasteiger partial charge on any atom is 0.213 e. The van der Waals surface area contributed by atoms with Crippen molar-refractivity contribution >= 4 is 5.96 Å². The summed E-state index contributed by atoms with van der Waals surface area (Å²) in [5, 5.41) is 6.61. The van der Waals surface area contributed by atoms with Crippen molar-refractivity contribution in [1.29, 1.82) is 0 Å². The zero-order chi connectivity index (χ0) is 19.5. The molecular formula is C20H28N4O3. The van der Waals surface area contributed by atoms with Gasteiger partial charge < -0.3 is 24.8 Å². The molecule has 0 aliphatic carbocycles. The molecule has 27 heavy (non-hydrogen) atoms. The van der Waals surface area contributed by atoms with Crippen LogP contribution in [-0.4, -0.2) is 45.4 Å². The lowest BCUT2D eigenvalue weighted by atomic mass is 10.1. The maximum atomic E-state index is 5.35. The second kappa shape index (κ2) is 10.9. The average molecular weight is 372 g/mol. The second-order valence-electron chi connectivity index (χ2n) is 5.77. The number of benzene rings is 1. The van der Waals surface area contributed by atoms with Crippen LogP contribution < -0.4 is 24.8 Å². The van der Waals surface area contributed by atoms with Gasteiger partial charge >= 0.3 is 0 Å². The van der Waals surface area contributed by atoms with Gasteiger partial charge in [0.25, 0.3) is 0 Å². The number of rotatable bonds is 9. The van der Waals surface area contributed by atoms with Crippen LogP contribution in [0.5, 0.6) is 17.4 Å². The highest BCUT2D eigenvalue weighted by Gasteiger charge is 2.05. The highest BCUT2D eigenvalue weighted by atomic mass is 16.5. The zero-order valence-corrected chi connectivity index (χ0v) is 16.4. The molecule has 146 valence electrons. The molecule has 0 amide bonds. The predicted octanol–water partition coefficient (Wildman–Crippen LogP) is 2.41. The Morgan fingerprint density at radius 1 is 0.963 bits per heavy atom. The molecule has 2 aromatic rings. The van der Waals surface area contributed by atoms with Crippen molar-refractivity contribution < 1.29 is 14.2 Å². The first kappa shape index (κ1) is 20.4. The molecule has 1 aromatic carbocycles. The van der Waals surface area contributed by atoms with Gasteiger partial charge in [-0.25, -0.2) is 9.98 Å². The smallest absolute Gasteiger partial charge is 0.213 e. The first-order valence-electron chi connectivity index (χ1n) is 8.92. The van der Waals surface area contributed by atoms with Crippen LogP contribution in [0.25, 0.3) is 0 Å². The van der Waals surface area contributed by atoms with E-state index in [1.807, 2.05) is 37.3 Å². The standard InChI is InChI=1S/C20H28N4O3/c1-5-21-20(24-14-16-9-10-22-19(13-16)27-4)23-11-8-15-6-7-17(25-2)18(12-15)26-3/h6-7,9-10,12-13H,5,8,11,14H2,1-4H3,(H2,21,23,24). The molecule has 2 rings (SSSR count). The molecule has 2 N–H and O–H groups in total. The summed E-state index contributed by atoms with van der Waals surface area (Å²) < 4.78 is 15.8. The topological polar surface area (TPSA) is 77.0 Å². The summed E-state index contributed by atoms with van der Waals surface area (Å²) in [5.41, 5.74) is 2.20. The SMILES string of the molecule is CCNC(=NCc1ccnc(OC)c1)NCCc1ccc(OC)c(OC)c1. The van der Waals surface area contributed by atoms with Crippen LogP contribution in [-0.2, 0) is 13.0 Å². The first-order valence-corrected chi connectivity index (χ1v) is 8.92. The number of hydrogen-bond donors (Lipinski definition) is 2. The summed E-state index contributed by atoms with van der Waals surface area (Å²) in [6, 6.07) is 9.77. The summed E-state index contributed by atoms with van der Waals surface area (Å²) in [6.07, 6.45) is 2.56. The Kier molecular flexibility index (Phi) is 8.22. The molecule has 7 heteroatoms. The van der Waals surface area contributed by atoms with E-state index in [2.05, 4.69) is 20.6 Å². The largest absolute Gasteiger partial charge is 0.493 e. The maximum absolute atomic E-state index is 5.35. The number of ether oxygens (including phenoxy) is 3. The molecule has 0 aliphatic heterocycles. The van der Waals surface area contributed by atoms with E-state index in [1.54, 1.807) is 27.5 Å². The first-order chi connectivity index (χ1) is 13.2. The molecule has 0 radical (unpaired) electrons. The third-order valence-electron chi connectivity index (χ3n) is 3.93. The van der Waals surface area contributed by atoms with Crippen LogP contribution >= 0.6 is 0 Å². The van der Waals surface area contributed by atoms with Crippen LogP contribution in [0.4, 0.5) is 0 Å². The van der Waals surface area contributed by atoms with Gasteiger partial charge in [-0.1, -0.05) is 6.07 Å². The van der Waals surface area contributed by atoms with Gasteiger partial charge in [-0.15, -0.1) is 0 Å². The van der Waals surface area contributed by atoms with E-state index in [0.29, 0.717) is 12.4 Å². The van der Waals surface area contributed by atoms with Gasteiger partial charge in [0.1, 0.15) is 0 Å². The van der Waals surface area contributed by atoms with Crippen molar-refractivity contribution in [3.05, 3.63) is 47.7 Å². The summed E-state index contributed by atoms with van der Waals surface area (Å²) in [5.74, 6) is 2.84. The summed E-state index contributed by atoms with van der Waals surface area (Å²) >= 11 is 0. The summed E-state index contributed by atoms with van der Waals surface area (Å²) in [6.45, 7) is 4.13. The number of pyridine rings is 1. The monoisotopic (exact) mass is 372 g/mol. The van der Waals surface area contributed by atoms with Crippen molar-refractivity contribution in [2.45, 2.75) is 19.9 Å². The Labute approximate surface area is 160 Å². The fourth-order valence-electron chi connectivity index (χ4n) is 2.53. The Balaban J connectivity index is 1.93. The minimum absolute atomic E-state index is 0.546. The van der Waals surface area contributed by atoms with Crippen LogP contribution in [0.1, 0.15) is 18.1 Å². The van der Waals surface area contributed by atoms with Crippen LogP contribution in [0.15, 0.2) is 41.5 Å². The highest BCUT2D eigenvalue weighted by molar-refractivity contribution is 5.79. The number of hydrogen-bond acceptors (Lipinski definition) is 5. The third-order valence-corrected chi connectivity index (χ3v) is 3.93. The average Bonchev–Trinajstić information content (AvgIpc) is 2.72. The van der Waals surface area contributed by atoms with Crippen LogP contribution in [0, 0.1) is 0 Å². The summed E-state index contributed by atoms with van der Waals surface area (Å²) in [7, 11) is 4.88. The van der Waals surface area contributed by atoms with Crippen molar-refractivity contribution in [2.75, 3.05) is 34.4 Å². The quantitative estimate of drug-likeness (QED) is 0.520. The van der Waals surface area contributed by atoms with Crippen molar-refractivity contribution in [3.8, 4) is 17.4 Å². The number of aliphatic imine (C=N–C) groups is 1. The lowest BCUT2D eigenvalue weighted by molar-refractivity contribution is 0.354. The van der Waals surface area contributed by atoms with E-state index in [9.17, 15) is 0 Å². The lowest BCUT2D eigenvalue weighted by Crippen LogP contribution is -2.38. The van der Waals surface area contributed by atoms with E-state index < -0.39 is 0 Å². The number of methoxy groups -OCH3 is 3. The van der Waals surface area contributed by atoms with Gasteiger partial charge in [-0.05, 0) is 42.7 Å². The van der Waals surface area contributed by atoms with Gasteiger partial charge in [0.05, 0.1) is 27.9 Å². The Morgan fingerprint density at radius 3 is 2.48 bits per heavy atom. The molecule has 0 fully saturated rings. The van der Waals surface area contributed by atoms with E-state index in [0.717, 1.165) is 48.1 Å². The number of nitrogens with zero attached hydrogens (tertiary/aromatic N) is 2. The second-order valence-corrected chi connectivity index (χ2v) is 5.77. The normalized spacial score (nSPS) is 11.0. The zero-order valence-electron chi connectivity index (χ0n) is 16.4. The van der Waals surface area contributed by atoms with Crippen molar-refractivity contribution in [1.82, 2.24) is 15.6 Å². The molecule has 7 nitrogen and oxygen atoms in total. The third kappa shape index (κ3) is 6.36. The number of aromatic nitrogens is 1. The minimum atomic E-state index is 0.546. The van der Waals surface area contributed by atoms with Gasteiger partial charge in [0.2, 0.25) is 5.88 Å². The Hall–Kier alpha value is -2.96. The van der Waals surface area contributed by atoms with Gasteiger partial charge in [0.15, 0.2) is 17.5 Å². The molecule has 0 spiro atoms. The van der Waals surface area contributed by atoms with E-state index in [4.69, 9.17) is 14.2 Å². The molecule has 0 aliphatic rings. The predicted molar refractivity (Wildman–Crippen MR) is 107 cm³/mol. The fourth-order valence-corrected chi connectivity index (χ4v) is 2.53. The Bertz CT molecular complexity index is 750. The molecule has 0 saturated heterocycles. The molecular weight excluding hydrogens is 344 g/mol. The Morgan fingerprint density at radius 2 is 1.78 bits per heavy atom. The highest BCUT2D eigenvalue weighted by Crippen LogP contribution is 2.27. The molecule has 0 bridgehead atoms. The molecule has 1 aromatic heterocycles. The van der Waals surface area contributed by atoms with E-state index >= 15 is 0 Å². The molecule has 1 heterocycles.